The van der Waals surface area contributed by atoms with E-state index < -0.39 is 0 Å². The molecule has 0 radical (unpaired) electrons. The number of benzene rings is 1. The van der Waals surface area contributed by atoms with Crippen LogP contribution in [-0.2, 0) is 0 Å². The van der Waals surface area contributed by atoms with Crippen molar-refractivity contribution in [3.05, 3.63) is 41.2 Å². The third kappa shape index (κ3) is 3.05. The SMILES string of the molecule is CN(C(=O)c1nc(N2CCCC2)ncc1Cl)c1nc2ccccc2s1. The Balaban J connectivity index is 1.66. The van der Waals surface area contributed by atoms with Crippen LogP contribution in [0.15, 0.2) is 30.5 Å². The molecule has 2 aromatic heterocycles. The summed E-state index contributed by atoms with van der Waals surface area (Å²) >= 11 is 7.66. The van der Waals surface area contributed by atoms with E-state index in [4.69, 9.17) is 11.6 Å². The molecule has 0 bridgehead atoms. The summed E-state index contributed by atoms with van der Waals surface area (Å²) < 4.78 is 1.03. The minimum absolute atomic E-state index is 0.209. The molecule has 3 aromatic rings. The first-order valence-electron chi connectivity index (χ1n) is 8.04. The first-order valence-corrected chi connectivity index (χ1v) is 9.24. The fraction of sp³-hybridized carbons (Fsp3) is 0.294. The molecular formula is C17H16ClN5OS. The summed E-state index contributed by atoms with van der Waals surface area (Å²) in [6, 6.07) is 7.79. The molecule has 25 heavy (non-hydrogen) atoms. The Morgan fingerprint density at radius 1 is 1.24 bits per heavy atom. The van der Waals surface area contributed by atoms with E-state index in [1.54, 1.807) is 7.05 Å². The molecule has 1 aromatic carbocycles. The highest BCUT2D eigenvalue weighted by atomic mass is 35.5. The third-order valence-corrected chi connectivity index (χ3v) is 5.59. The molecule has 0 saturated carbocycles. The van der Waals surface area contributed by atoms with Gasteiger partial charge in [-0.2, -0.15) is 0 Å². The summed E-state index contributed by atoms with van der Waals surface area (Å²) in [4.78, 5) is 29.7. The summed E-state index contributed by atoms with van der Waals surface area (Å²) in [5, 5.41) is 0.865. The summed E-state index contributed by atoms with van der Waals surface area (Å²) in [6.45, 7) is 1.81. The van der Waals surface area contributed by atoms with Gasteiger partial charge in [-0.1, -0.05) is 35.1 Å². The number of carbonyl (C=O) groups excluding carboxylic acids is 1. The third-order valence-electron chi connectivity index (χ3n) is 4.20. The van der Waals surface area contributed by atoms with Gasteiger partial charge in [-0.3, -0.25) is 9.69 Å². The van der Waals surface area contributed by atoms with Gasteiger partial charge in [-0.05, 0) is 25.0 Å². The summed E-state index contributed by atoms with van der Waals surface area (Å²) in [5.74, 6) is 0.273. The largest absolute Gasteiger partial charge is 0.341 e. The maximum absolute atomic E-state index is 12.9. The van der Waals surface area contributed by atoms with Crippen LogP contribution in [0.5, 0.6) is 0 Å². The number of fused-ring (bicyclic) bond motifs is 1. The maximum Gasteiger partial charge on any atom is 0.280 e. The van der Waals surface area contributed by atoms with Crippen molar-refractivity contribution >= 4 is 50.1 Å². The van der Waals surface area contributed by atoms with Crippen LogP contribution < -0.4 is 9.80 Å². The van der Waals surface area contributed by atoms with Gasteiger partial charge in [0, 0.05) is 20.1 Å². The Morgan fingerprint density at radius 3 is 2.76 bits per heavy atom. The van der Waals surface area contributed by atoms with Gasteiger partial charge in [0.25, 0.3) is 5.91 Å². The van der Waals surface area contributed by atoms with Crippen LogP contribution in [-0.4, -0.2) is 41.0 Å². The van der Waals surface area contributed by atoms with Gasteiger partial charge in [0.1, 0.15) is 0 Å². The van der Waals surface area contributed by atoms with E-state index in [9.17, 15) is 4.79 Å². The standard InChI is InChI=1S/C17H16ClN5OS/c1-22(17-20-12-6-2-3-7-13(12)25-17)15(24)14-11(18)10-19-16(21-14)23-8-4-5-9-23/h2-3,6-7,10H,4-5,8-9H2,1H3. The Labute approximate surface area is 154 Å². The number of hydrogen-bond acceptors (Lipinski definition) is 6. The maximum atomic E-state index is 12.9. The van der Waals surface area contributed by atoms with Crippen LogP contribution in [0.2, 0.25) is 5.02 Å². The van der Waals surface area contributed by atoms with Crippen LogP contribution in [0.1, 0.15) is 23.3 Å². The summed E-state index contributed by atoms with van der Waals surface area (Å²) in [6.07, 6.45) is 3.73. The van der Waals surface area contributed by atoms with E-state index in [1.807, 2.05) is 24.3 Å². The number of hydrogen-bond donors (Lipinski definition) is 0. The molecule has 0 spiro atoms. The highest BCUT2D eigenvalue weighted by Crippen LogP contribution is 2.29. The van der Waals surface area contributed by atoms with E-state index in [0.29, 0.717) is 11.1 Å². The summed E-state index contributed by atoms with van der Waals surface area (Å²) in [7, 11) is 1.69. The van der Waals surface area contributed by atoms with E-state index in [-0.39, 0.29) is 16.6 Å². The lowest BCUT2D eigenvalue weighted by Crippen LogP contribution is -2.29. The molecule has 0 N–H and O–H groups in total. The smallest absolute Gasteiger partial charge is 0.280 e. The fourth-order valence-electron chi connectivity index (χ4n) is 2.83. The van der Waals surface area contributed by atoms with E-state index in [2.05, 4.69) is 19.9 Å². The second kappa shape index (κ2) is 6.57. The topological polar surface area (TPSA) is 62.2 Å². The van der Waals surface area contributed by atoms with Crippen LogP contribution in [0.3, 0.4) is 0 Å². The van der Waals surface area contributed by atoms with Crippen LogP contribution in [0.25, 0.3) is 10.2 Å². The van der Waals surface area contributed by atoms with Crippen LogP contribution in [0, 0.1) is 0 Å². The average Bonchev–Trinajstić information content (AvgIpc) is 3.30. The number of thiazole rings is 1. The van der Waals surface area contributed by atoms with Crippen molar-refractivity contribution in [2.75, 3.05) is 29.9 Å². The molecule has 1 saturated heterocycles. The van der Waals surface area contributed by atoms with Crippen molar-refractivity contribution in [3.63, 3.8) is 0 Å². The molecule has 1 amide bonds. The van der Waals surface area contributed by atoms with E-state index >= 15 is 0 Å². The van der Waals surface area contributed by atoms with Gasteiger partial charge in [-0.25, -0.2) is 15.0 Å². The second-order valence-corrected chi connectivity index (χ2v) is 7.31. The number of carbonyl (C=O) groups is 1. The second-order valence-electron chi connectivity index (χ2n) is 5.89. The lowest BCUT2D eigenvalue weighted by Gasteiger charge is -2.18. The van der Waals surface area contributed by atoms with Crippen molar-refractivity contribution < 1.29 is 4.79 Å². The zero-order valence-corrected chi connectivity index (χ0v) is 15.2. The fourth-order valence-corrected chi connectivity index (χ4v) is 3.92. The Hall–Kier alpha value is -2.25. The Kier molecular flexibility index (Phi) is 4.27. The number of para-hydroxylation sites is 1. The molecule has 1 fully saturated rings. The zero-order valence-electron chi connectivity index (χ0n) is 13.6. The van der Waals surface area contributed by atoms with Crippen molar-refractivity contribution in [3.8, 4) is 0 Å². The number of rotatable bonds is 3. The molecule has 8 heteroatoms. The lowest BCUT2D eigenvalue weighted by atomic mass is 10.3. The first-order chi connectivity index (χ1) is 12.1. The molecule has 1 aliphatic heterocycles. The van der Waals surface area contributed by atoms with Crippen molar-refractivity contribution in [1.82, 2.24) is 15.0 Å². The highest BCUT2D eigenvalue weighted by Gasteiger charge is 2.24. The molecule has 3 heterocycles. The highest BCUT2D eigenvalue weighted by molar-refractivity contribution is 7.22. The van der Waals surface area contributed by atoms with Crippen LogP contribution >= 0.6 is 22.9 Å². The molecular weight excluding hydrogens is 358 g/mol. The van der Waals surface area contributed by atoms with Gasteiger partial charge < -0.3 is 4.90 Å². The number of nitrogens with zero attached hydrogens (tertiary/aromatic N) is 5. The molecule has 4 rings (SSSR count). The monoisotopic (exact) mass is 373 g/mol. The molecule has 128 valence electrons. The van der Waals surface area contributed by atoms with Crippen LogP contribution in [0.4, 0.5) is 11.1 Å². The minimum atomic E-state index is -0.285. The van der Waals surface area contributed by atoms with Gasteiger partial charge in [-0.15, -0.1) is 0 Å². The zero-order chi connectivity index (χ0) is 17.4. The molecule has 0 unspecified atom stereocenters. The molecule has 1 aliphatic rings. The van der Waals surface area contributed by atoms with Gasteiger partial charge in [0.15, 0.2) is 10.8 Å². The average molecular weight is 374 g/mol. The lowest BCUT2D eigenvalue weighted by molar-refractivity contribution is 0.0988. The Bertz CT molecular complexity index is 905. The number of anilines is 2. The van der Waals surface area contributed by atoms with E-state index in [1.165, 1.54) is 22.4 Å². The predicted octanol–water partition coefficient (Wildman–Crippen LogP) is 3.62. The number of amides is 1. The van der Waals surface area contributed by atoms with Gasteiger partial charge in [0.05, 0.1) is 21.4 Å². The summed E-state index contributed by atoms with van der Waals surface area (Å²) in [5.41, 5.74) is 1.08. The van der Waals surface area contributed by atoms with Gasteiger partial charge >= 0.3 is 0 Å². The van der Waals surface area contributed by atoms with Crippen molar-refractivity contribution in [2.24, 2.45) is 0 Å². The minimum Gasteiger partial charge on any atom is -0.341 e. The normalized spacial score (nSPS) is 14.2. The molecule has 0 atom stereocenters. The van der Waals surface area contributed by atoms with Crippen molar-refractivity contribution in [1.29, 1.82) is 0 Å². The molecule has 6 nitrogen and oxygen atoms in total. The first kappa shape index (κ1) is 16.2. The van der Waals surface area contributed by atoms with Gasteiger partial charge in [0.2, 0.25) is 5.95 Å². The predicted molar refractivity (Wildman–Crippen MR) is 101 cm³/mol. The quantitative estimate of drug-likeness (QED) is 0.701. The number of aromatic nitrogens is 3. The van der Waals surface area contributed by atoms with Crippen molar-refractivity contribution in [2.45, 2.75) is 12.8 Å². The number of halogens is 1. The molecule has 0 aliphatic carbocycles. The Morgan fingerprint density at radius 2 is 2.00 bits per heavy atom. The van der Waals surface area contributed by atoms with E-state index in [0.717, 1.165) is 36.1 Å².